The molecule has 0 saturated heterocycles. The van der Waals surface area contributed by atoms with Gasteiger partial charge in [0.05, 0.1) is 6.54 Å². The Bertz CT molecular complexity index is 564. The van der Waals surface area contributed by atoms with Crippen LogP contribution in [0.4, 0.5) is 0 Å². The summed E-state index contributed by atoms with van der Waals surface area (Å²) in [6.45, 7) is 6.85. The molecule has 0 bridgehead atoms. The molecule has 1 atom stereocenters. The molecule has 0 fully saturated rings. The molecule has 19 heavy (non-hydrogen) atoms. The van der Waals surface area contributed by atoms with E-state index in [1.807, 2.05) is 6.92 Å². The second-order valence-corrected chi connectivity index (χ2v) is 7.57. The van der Waals surface area contributed by atoms with Gasteiger partial charge >= 0.3 is 0 Å². The van der Waals surface area contributed by atoms with Gasteiger partial charge in [0.15, 0.2) is 0 Å². The fraction of sp³-hybridized carbons (Fsp3) is 0.818. The lowest BCUT2D eigenvalue weighted by molar-refractivity contribution is 0.272. The minimum Gasteiger partial charge on any atom is -0.309 e. The maximum absolute atomic E-state index is 12.2. The van der Waals surface area contributed by atoms with Gasteiger partial charge in [-0.3, -0.25) is 0 Å². The lowest BCUT2D eigenvalue weighted by Gasteiger charge is -2.33. The van der Waals surface area contributed by atoms with Crippen molar-refractivity contribution in [2.45, 2.75) is 39.3 Å². The largest absolute Gasteiger partial charge is 0.309 e. The van der Waals surface area contributed by atoms with Crippen molar-refractivity contribution < 1.29 is 8.42 Å². The highest BCUT2D eigenvalue weighted by molar-refractivity contribution is 7.86. The average Bonchev–Trinajstić information content (AvgIpc) is 2.72. The Morgan fingerprint density at radius 3 is 2.47 bits per heavy atom. The SMILES string of the molecule is CC(C)c1nnc2n1[C@@H](C)CN(S(=O)(=O)N(C)C)C2. The molecule has 7 nitrogen and oxygen atoms in total. The minimum absolute atomic E-state index is 0.0471. The standard InChI is InChI=1S/C11H21N5O2S/c1-8(2)11-13-12-10-7-15(6-9(3)16(10)11)19(17,18)14(4)5/h8-9H,6-7H2,1-5H3/t9-/m0/s1. The van der Waals surface area contributed by atoms with E-state index in [2.05, 4.69) is 28.6 Å². The third kappa shape index (κ3) is 2.39. The number of rotatable bonds is 3. The van der Waals surface area contributed by atoms with Crippen molar-refractivity contribution in [3.05, 3.63) is 11.6 Å². The van der Waals surface area contributed by atoms with E-state index in [-0.39, 0.29) is 18.5 Å². The van der Waals surface area contributed by atoms with Crippen LogP contribution in [0.5, 0.6) is 0 Å². The van der Waals surface area contributed by atoms with Gasteiger partial charge in [-0.25, -0.2) is 0 Å². The third-order valence-corrected chi connectivity index (χ3v) is 5.18. The number of nitrogens with zero attached hydrogens (tertiary/aromatic N) is 5. The Balaban J connectivity index is 2.37. The van der Waals surface area contributed by atoms with Gasteiger partial charge in [-0.1, -0.05) is 13.8 Å². The van der Waals surface area contributed by atoms with Crippen molar-refractivity contribution in [2.24, 2.45) is 0 Å². The molecule has 0 unspecified atom stereocenters. The van der Waals surface area contributed by atoms with Crippen LogP contribution in [0.25, 0.3) is 0 Å². The van der Waals surface area contributed by atoms with Crippen LogP contribution in [-0.4, -0.2) is 52.4 Å². The first-order valence-corrected chi connectivity index (χ1v) is 7.76. The zero-order valence-electron chi connectivity index (χ0n) is 12.0. The molecule has 1 aromatic heterocycles. The van der Waals surface area contributed by atoms with Crippen molar-refractivity contribution in [1.82, 2.24) is 23.4 Å². The van der Waals surface area contributed by atoms with Crippen LogP contribution < -0.4 is 0 Å². The first kappa shape index (κ1) is 14.4. The molecule has 1 aliphatic rings. The summed E-state index contributed by atoms with van der Waals surface area (Å²) in [4.78, 5) is 0. The molecule has 0 spiro atoms. The van der Waals surface area contributed by atoms with E-state index in [1.54, 1.807) is 14.1 Å². The van der Waals surface area contributed by atoms with Crippen LogP contribution in [0.2, 0.25) is 0 Å². The van der Waals surface area contributed by atoms with Crippen molar-refractivity contribution in [1.29, 1.82) is 0 Å². The first-order chi connectivity index (χ1) is 8.75. The van der Waals surface area contributed by atoms with Crippen LogP contribution in [0.15, 0.2) is 0 Å². The fourth-order valence-electron chi connectivity index (χ4n) is 2.32. The van der Waals surface area contributed by atoms with Gasteiger partial charge in [-0.05, 0) is 6.92 Å². The molecule has 0 aromatic carbocycles. The summed E-state index contributed by atoms with van der Waals surface area (Å²) >= 11 is 0. The predicted octanol–water partition coefficient (Wildman–Crippen LogP) is 0.585. The topological polar surface area (TPSA) is 71.3 Å². The first-order valence-electron chi connectivity index (χ1n) is 6.36. The molecule has 108 valence electrons. The van der Waals surface area contributed by atoms with Crippen LogP contribution in [0.3, 0.4) is 0 Å². The Hall–Kier alpha value is -0.990. The van der Waals surface area contributed by atoms with Gasteiger partial charge in [-0.15, -0.1) is 10.2 Å². The van der Waals surface area contributed by atoms with Gasteiger partial charge in [0, 0.05) is 32.6 Å². The van der Waals surface area contributed by atoms with Crippen molar-refractivity contribution in [3.8, 4) is 0 Å². The number of hydrogen-bond acceptors (Lipinski definition) is 4. The molecule has 0 saturated carbocycles. The van der Waals surface area contributed by atoms with Gasteiger partial charge < -0.3 is 4.57 Å². The number of hydrogen-bond donors (Lipinski definition) is 0. The summed E-state index contributed by atoms with van der Waals surface area (Å²) in [5, 5.41) is 8.33. The summed E-state index contributed by atoms with van der Waals surface area (Å²) < 4.78 is 29.1. The molecule has 0 aliphatic carbocycles. The maximum atomic E-state index is 12.2. The number of aromatic nitrogens is 3. The normalized spacial score (nSPS) is 21.1. The average molecular weight is 287 g/mol. The van der Waals surface area contributed by atoms with Gasteiger partial charge in [0.2, 0.25) is 0 Å². The Morgan fingerprint density at radius 1 is 1.32 bits per heavy atom. The molecule has 1 aliphatic heterocycles. The van der Waals surface area contributed by atoms with Crippen molar-refractivity contribution in [3.63, 3.8) is 0 Å². The van der Waals surface area contributed by atoms with Crippen LogP contribution in [0.1, 0.15) is 44.4 Å². The molecule has 1 aromatic rings. The summed E-state index contributed by atoms with van der Waals surface area (Å²) in [5.74, 6) is 1.91. The Kier molecular flexibility index (Phi) is 3.67. The summed E-state index contributed by atoms with van der Waals surface area (Å²) in [6, 6.07) is 0.0471. The molecule has 0 amide bonds. The quantitative estimate of drug-likeness (QED) is 0.815. The highest BCUT2D eigenvalue weighted by Gasteiger charge is 2.34. The van der Waals surface area contributed by atoms with E-state index >= 15 is 0 Å². The molecule has 2 rings (SSSR count). The molecule has 0 radical (unpaired) electrons. The summed E-state index contributed by atoms with van der Waals surface area (Å²) in [7, 11) is -0.320. The van der Waals surface area contributed by atoms with E-state index in [1.165, 1.54) is 8.61 Å². The number of fused-ring (bicyclic) bond motifs is 1. The molecule has 0 N–H and O–H groups in total. The van der Waals surface area contributed by atoms with E-state index < -0.39 is 10.2 Å². The smallest absolute Gasteiger partial charge is 0.281 e. The van der Waals surface area contributed by atoms with Crippen LogP contribution >= 0.6 is 0 Å². The van der Waals surface area contributed by atoms with Crippen LogP contribution in [-0.2, 0) is 16.8 Å². The fourth-order valence-corrected chi connectivity index (χ4v) is 3.47. The van der Waals surface area contributed by atoms with Gasteiger partial charge in [0.1, 0.15) is 11.6 Å². The van der Waals surface area contributed by atoms with E-state index in [9.17, 15) is 8.42 Å². The van der Waals surface area contributed by atoms with Crippen molar-refractivity contribution in [2.75, 3.05) is 20.6 Å². The maximum Gasteiger partial charge on any atom is 0.281 e. The van der Waals surface area contributed by atoms with E-state index in [0.29, 0.717) is 12.4 Å². The molecule has 2 heterocycles. The third-order valence-electron chi connectivity index (χ3n) is 3.32. The molecular weight excluding hydrogens is 266 g/mol. The Labute approximate surface area is 114 Å². The molecular formula is C11H21N5O2S. The predicted molar refractivity (Wildman–Crippen MR) is 71.8 cm³/mol. The monoisotopic (exact) mass is 287 g/mol. The van der Waals surface area contributed by atoms with Gasteiger partial charge in [0.25, 0.3) is 10.2 Å². The van der Waals surface area contributed by atoms with E-state index in [4.69, 9.17) is 0 Å². The van der Waals surface area contributed by atoms with Crippen LogP contribution in [0, 0.1) is 0 Å². The minimum atomic E-state index is -3.40. The van der Waals surface area contributed by atoms with Crippen molar-refractivity contribution >= 4 is 10.2 Å². The lowest BCUT2D eigenvalue weighted by atomic mass is 10.1. The zero-order chi connectivity index (χ0) is 14.4. The molecule has 8 heteroatoms. The zero-order valence-corrected chi connectivity index (χ0v) is 12.8. The lowest BCUT2D eigenvalue weighted by Crippen LogP contribution is -2.45. The van der Waals surface area contributed by atoms with E-state index in [0.717, 1.165) is 5.82 Å². The second-order valence-electron chi connectivity index (χ2n) is 5.43. The summed E-state index contributed by atoms with van der Waals surface area (Å²) in [5.41, 5.74) is 0. The Morgan fingerprint density at radius 2 is 1.95 bits per heavy atom. The highest BCUT2D eigenvalue weighted by atomic mass is 32.2. The second kappa shape index (κ2) is 4.84. The highest BCUT2D eigenvalue weighted by Crippen LogP contribution is 2.26. The van der Waals surface area contributed by atoms with Gasteiger partial charge in [-0.2, -0.15) is 17.0 Å². The summed E-state index contributed by atoms with van der Waals surface area (Å²) in [6.07, 6.45) is 0.